The van der Waals surface area contributed by atoms with Crippen LogP contribution in [-0.4, -0.2) is 53.2 Å². The Bertz CT molecular complexity index is 1090. The van der Waals surface area contributed by atoms with Crippen molar-refractivity contribution < 1.29 is 9.53 Å². The van der Waals surface area contributed by atoms with E-state index in [1.165, 1.54) is 5.56 Å². The van der Waals surface area contributed by atoms with Crippen LogP contribution in [0.2, 0.25) is 0 Å². The molecule has 0 atom stereocenters. The monoisotopic (exact) mass is 413 g/mol. The Labute approximate surface area is 181 Å². The first kappa shape index (κ1) is 19.4. The van der Waals surface area contributed by atoms with Crippen LogP contribution in [0.5, 0.6) is 5.75 Å². The fourth-order valence-electron chi connectivity index (χ4n) is 3.90. The molecule has 3 heterocycles. The van der Waals surface area contributed by atoms with Crippen molar-refractivity contribution in [2.45, 2.75) is 13.2 Å². The first-order valence-electron chi connectivity index (χ1n) is 10.4. The normalized spacial score (nSPS) is 15.9. The van der Waals surface area contributed by atoms with E-state index in [9.17, 15) is 4.79 Å². The maximum atomic E-state index is 11.7. The van der Waals surface area contributed by atoms with Crippen LogP contribution in [0.1, 0.15) is 27.0 Å². The lowest BCUT2D eigenvalue weighted by atomic mass is 10.1. The van der Waals surface area contributed by atoms with E-state index in [4.69, 9.17) is 4.74 Å². The zero-order chi connectivity index (χ0) is 21.0. The summed E-state index contributed by atoms with van der Waals surface area (Å²) in [6.07, 6.45) is 5.16. The highest BCUT2D eigenvalue weighted by molar-refractivity contribution is 6.14. The minimum Gasteiger partial charge on any atom is -0.488 e. The maximum Gasteiger partial charge on any atom is 0.277 e. The van der Waals surface area contributed by atoms with Gasteiger partial charge >= 0.3 is 0 Å². The lowest BCUT2D eigenvalue weighted by Crippen LogP contribution is -2.46. The number of benzene rings is 2. The number of fused-ring (bicyclic) bond motifs is 1. The molecule has 1 saturated heterocycles. The second-order valence-electron chi connectivity index (χ2n) is 7.70. The van der Waals surface area contributed by atoms with Crippen molar-refractivity contribution in [2.24, 2.45) is 4.99 Å². The zero-order valence-electron chi connectivity index (χ0n) is 17.1. The highest BCUT2D eigenvalue weighted by atomic mass is 16.5. The van der Waals surface area contributed by atoms with Gasteiger partial charge in [-0.15, -0.1) is 0 Å². The summed E-state index contributed by atoms with van der Waals surface area (Å²) >= 11 is 0. The predicted octanol–water partition coefficient (Wildman–Crippen LogP) is 2.95. The standard InChI is InChI=1S/C24H23N5O2/c30-23-20-3-1-4-22(21(20)15-27-23)31-17-19-7-5-18(6-8-19)16-28-11-13-29(14-12-28)24-25-9-2-10-26-24/h1-10,15H,11-14,16-17H2. The number of piperazine rings is 1. The van der Waals surface area contributed by atoms with Crippen molar-refractivity contribution in [1.82, 2.24) is 14.9 Å². The highest BCUT2D eigenvalue weighted by Gasteiger charge is 2.20. The quantitative estimate of drug-likeness (QED) is 0.619. The summed E-state index contributed by atoms with van der Waals surface area (Å²) in [6.45, 7) is 5.22. The van der Waals surface area contributed by atoms with Gasteiger partial charge < -0.3 is 9.64 Å². The highest BCUT2D eigenvalue weighted by Crippen LogP contribution is 2.26. The number of amides is 1. The molecule has 0 unspecified atom stereocenters. The summed E-state index contributed by atoms with van der Waals surface area (Å²) in [6, 6.07) is 15.8. The van der Waals surface area contributed by atoms with Gasteiger partial charge in [-0.3, -0.25) is 9.69 Å². The minimum absolute atomic E-state index is 0.207. The first-order chi connectivity index (χ1) is 15.3. The van der Waals surface area contributed by atoms with Gasteiger partial charge in [0.2, 0.25) is 5.95 Å². The van der Waals surface area contributed by atoms with Crippen LogP contribution in [0.4, 0.5) is 5.95 Å². The molecule has 1 amide bonds. The Kier molecular flexibility index (Phi) is 5.41. The molecule has 3 aromatic rings. The number of anilines is 1. The third kappa shape index (κ3) is 4.32. The van der Waals surface area contributed by atoms with E-state index in [1.807, 2.05) is 18.2 Å². The van der Waals surface area contributed by atoms with Crippen LogP contribution in [0.15, 0.2) is 65.9 Å². The molecule has 2 aliphatic heterocycles. The Balaban J connectivity index is 1.14. The summed E-state index contributed by atoms with van der Waals surface area (Å²) in [5.41, 5.74) is 3.75. The molecular weight excluding hydrogens is 390 g/mol. The minimum atomic E-state index is -0.207. The van der Waals surface area contributed by atoms with Crippen LogP contribution in [-0.2, 0) is 13.2 Å². The van der Waals surface area contributed by atoms with E-state index in [1.54, 1.807) is 24.7 Å². The topological polar surface area (TPSA) is 70.9 Å². The van der Waals surface area contributed by atoms with Gasteiger partial charge in [0.15, 0.2) is 0 Å². The fourth-order valence-corrected chi connectivity index (χ4v) is 3.90. The number of aliphatic imine (C=N–C) groups is 1. The number of aromatic nitrogens is 2. The SMILES string of the molecule is O=C1N=Cc2c(OCc3ccc(CN4CCN(c5ncccn5)CC4)cc3)cccc21. The van der Waals surface area contributed by atoms with E-state index in [0.29, 0.717) is 17.9 Å². The Hall–Kier alpha value is -3.58. The van der Waals surface area contributed by atoms with E-state index in [2.05, 4.69) is 49.0 Å². The molecule has 0 N–H and O–H groups in total. The summed E-state index contributed by atoms with van der Waals surface area (Å²) in [5.74, 6) is 1.30. The molecular formula is C24H23N5O2. The van der Waals surface area contributed by atoms with Gasteiger partial charge in [0.05, 0.1) is 5.56 Å². The van der Waals surface area contributed by atoms with Gasteiger partial charge in [-0.2, -0.15) is 0 Å². The summed E-state index contributed by atoms with van der Waals surface area (Å²) < 4.78 is 5.96. The fraction of sp³-hybridized carbons (Fsp3) is 0.250. The van der Waals surface area contributed by atoms with E-state index in [-0.39, 0.29) is 5.91 Å². The van der Waals surface area contributed by atoms with E-state index < -0.39 is 0 Å². The van der Waals surface area contributed by atoms with Crippen LogP contribution in [0.3, 0.4) is 0 Å². The molecule has 156 valence electrons. The lowest BCUT2D eigenvalue weighted by molar-refractivity contribution is 0.101. The molecule has 7 nitrogen and oxygen atoms in total. The predicted molar refractivity (Wildman–Crippen MR) is 119 cm³/mol. The Morgan fingerprint density at radius 1 is 0.871 bits per heavy atom. The van der Waals surface area contributed by atoms with Crippen molar-refractivity contribution >= 4 is 18.1 Å². The third-order valence-corrected chi connectivity index (χ3v) is 5.64. The summed E-state index contributed by atoms with van der Waals surface area (Å²) in [7, 11) is 0. The van der Waals surface area contributed by atoms with Gasteiger partial charge in [-0.05, 0) is 29.3 Å². The molecule has 2 aromatic carbocycles. The van der Waals surface area contributed by atoms with Crippen LogP contribution >= 0.6 is 0 Å². The van der Waals surface area contributed by atoms with Crippen molar-refractivity contribution in [3.63, 3.8) is 0 Å². The second kappa shape index (κ2) is 8.65. The van der Waals surface area contributed by atoms with Crippen molar-refractivity contribution in [1.29, 1.82) is 0 Å². The van der Waals surface area contributed by atoms with Crippen LogP contribution in [0, 0.1) is 0 Å². The number of hydrogen-bond acceptors (Lipinski definition) is 6. The van der Waals surface area contributed by atoms with Crippen molar-refractivity contribution in [2.75, 3.05) is 31.1 Å². The number of ether oxygens (including phenoxy) is 1. The molecule has 1 aromatic heterocycles. The first-order valence-corrected chi connectivity index (χ1v) is 10.4. The molecule has 5 rings (SSSR count). The zero-order valence-corrected chi connectivity index (χ0v) is 17.1. The second-order valence-corrected chi connectivity index (χ2v) is 7.70. The van der Waals surface area contributed by atoms with E-state index >= 15 is 0 Å². The molecule has 2 aliphatic rings. The van der Waals surface area contributed by atoms with Gasteiger partial charge in [-0.25, -0.2) is 15.0 Å². The smallest absolute Gasteiger partial charge is 0.277 e. The molecule has 0 bridgehead atoms. The van der Waals surface area contributed by atoms with Crippen LogP contribution in [0.25, 0.3) is 0 Å². The van der Waals surface area contributed by atoms with Crippen molar-refractivity contribution in [3.05, 3.63) is 83.2 Å². The number of hydrogen-bond donors (Lipinski definition) is 0. The average Bonchev–Trinajstić information content (AvgIpc) is 3.21. The lowest BCUT2D eigenvalue weighted by Gasteiger charge is -2.34. The largest absolute Gasteiger partial charge is 0.488 e. The average molecular weight is 413 g/mol. The van der Waals surface area contributed by atoms with Crippen molar-refractivity contribution in [3.8, 4) is 5.75 Å². The molecule has 7 heteroatoms. The molecule has 0 spiro atoms. The molecule has 1 fully saturated rings. The maximum absolute atomic E-state index is 11.7. The Morgan fingerprint density at radius 3 is 2.39 bits per heavy atom. The Morgan fingerprint density at radius 2 is 1.61 bits per heavy atom. The van der Waals surface area contributed by atoms with E-state index in [0.717, 1.165) is 49.8 Å². The number of rotatable bonds is 6. The van der Waals surface area contributed by atoms with Gasteiger partial charge in [-0.1, -0.05) is 30.3 Å². The number of carbonyl (C=O) groups is 1. The summed E-state index contributed by atoms with van der Waals surface area (Å²) in [4.78, 5) is 28.9. The molecule has 0 aliphatic carbocycles. The number of nitrogens with zero attached hydrogens (tertiary/aromatic N) is 5. The van der Waals surface area contributed by atoms with Gasteiger partial charge in [0, 0.05) is 56.9 Å². The third-order valence-electron chi connectivity index (χ3n) is 5.64. The summed E-state index contributed by atoms with van der Waals surface area (Å²) in [5, 5.41) is 0. The van der Waals surface area contributed by atoms with Gasteiger partial charge in [0.1, 0.15) is 12.4 Å². The van der Waals surface area contributed by atoms with Gasteiger partial charge in [0.25, 0.3) is 5.91 Å². The molecule has 31 heavy (non-hydrogen) atoms. The molecule has 0 radical (unpaired) electrons. The molecule has 0 saturated carbocycles. The van der Waals surface area contributed by atoms with Crippen LogP contribution < -0.4 is 9.64 Å². The number of carbonyl (C=O) groups excluding carboxylic acids is 1.